The van der Waals surface area contributed by atoms with Gasteiger partial charge in [-0.3, -0.25) is 19.7 Å². The molecule has 3 aliphatic rings. The third kappa shape index (κ3) is 3.66. The molecule has 11 nitrogen and oxygen atoms in total. The van der Waals surface area contributed by atoms with Gasteiger partial charge in [0.05, 0.1) is 36.2 Å². The van der Waals surface area contributed by atoms with E-state index in [4.69, 9.17) is 18.9 Å². The van der Waals surface area contributed by atoms with E-state index in [1.54, 1.807) is 20.8 Å². The third-order valence-corrected chi connectivity index (χ3v) is 6.27. The molecular weight excluding hydrogens is 448 g/mol. The summed E-state index contributed by atoms with van der Waals surface area (Å²) in [7, 11) is 1.19. The average Bonchev–Trinajstić information content (AvgIpc) is 3.24. The molecule has 1 aromatic carbocycles. The van der Waals surface area contributed by atoms with E-state index < -0.39 is 34.5 Å². The van der Waals surface area contributed by atoms with Crippen LogP contribution < -0.4 is 14.8 Å². The molecule has 0 saturated heterocycles. The number of nitro groups is 1. The zero-order chi connectivity index (χ0) is 24.7. The first-order valence-corrected chi connectivity index (χ1v) is 10.8. The number of esters is 2. The fourth-order valence-corrected chi connectivity index (χ4v) is 4.81. The van der Waals surface area contributed by atoms with Crippen LogP contribution in [0.3, 0.4) is 0 Å². The van der Waals surface area contributed by atoms with Crippen molar-refractivity contribution in [3.63, 3.8) is 0 Å². The number of ether oxygens (including phenoxy) is 4. The van der Waals surface area contributed by atoms with Gasteiger partial charge in [-0.15, -0.1) is 0 Å². The summed E-state index contributed by atoms with van der Waals surface area (Å²) in [6.45, 7) is 4.98. The molecule has 0 fully saturated rings. The first-order chi connectivity index (χ1) is 16.2. The smallest absolute Gasteiger partial charge is 0.336 e. The van der Waals surface area contributed by atoms with Crippen LogP contribution in [0.4, 0.5) is 5.69 Å². The number of hydrogen-bond acceptors (Lipinski definition) is 10. The molecule has 0 unspecified atom stereocenters. The molecule has 3 atom stereocenters. The standard InChI is InChI=1S/C23H24N2O9/c1-5-32-23(28)18-11(3)24-13-6-10(2)17(22(27)31-4)21(26)20(13)19(18)12-7-15-16(34-9-33-15)8-14(12)25(29)30/h7-8,10,17,19,24H,5-6,9H2,1-4H3/t10-,17-,19-/m1/s1. The molecule has 34 heavy (non-hydrogen) atoms. The summed E-state index contributed by atoms with van der Waals surface area (Å²) in [5.74, 6) is -4.18. The quantitative estimate of drug-likeness (QED) is 0.294. The summed E-state index contributed by atoms with van der Waals surface area (Å²) in [5, 5.41) is 15.2. The van der Waals surface area contributed by atoms with Gasteiger partial charge in [0.25, 0.3) is 5.69 Å². The second-order valence-electron chi connectivity index (χ2n) is 8.28. The van der Waals surface area contributed by atoms with E-state index in [2.05, 4.69) is 5.32 Å². The van der Waals surface area contributed by atoms with Crippen molar-refractivity contribution >= 4 is 23.4 Å². The maximum absolute atomic E-state index is 13.7. The second-order valence-corrected chi connectivity index (χ2v) is 8.28. The number of benzene rings is 1. The highest BCUT2D eigenvalue weighted by molar-refractivity contribution is 6.12. The van der Waals surface area contributed by atoms with Gasteiger partial charge in [-0.1, -0.05) is 6.92 Å². The van der Waals surface area contributed by atoms with Crippen molar-refractivity contribution in [1.82, 2.24) is 5.32 Å². The lowest BCUT2D eigenvalue weighted by molar-refractivity contribution is -0.385. The summed E-state index contributed by atoms with van der Waals surface area (Å²) in [6, 6.07) is 2.62. The predicted octanol–water partition coefficient (Wildman–Crippen LogP) is 2.50. The van der Waals surface area contributed by atoms with Gasteiger partial charge in [0, 0.05) is 22.5 Å². The van der Waals surface area contributed by atoms with Crippen LogP contribution in [-0.4, -0.2) is 43.2 Å². The molecular formula is C23H24N2O9. The summed E-state index contributed by atoms with van der Waals surface area (Å²) in [6.07, 6.45) is 0.309. The first kappa shape index (κ1) is 23.3. The largest absolute Gasteiger partial charge is 0.468 e. The number of Topliss-reactive ketones (excluding diaryl/α,β-unsaturated/α-hetero) is 1. The first-order valence-electron chi connectivity index (χ1n) is 10.8. The van der Waals surface area contributed by atoms with Crippen molar-refractivity contribution < 1.29 is 38.3 Å². The molecule has 180 valence electrons. The van der Waals surface area contributed by atoms with Crippen molar-refractivity contribution in [2.24, 2.45) is 11.8 Å². The lowest BCUT2D eigenvalue weighted by Gasteiger charge is -2.38. The third-order valence-electron chi connectivity index (χ3n) is 6.27. The van der Waals surface area contributed by atoms with Crippen molar-refractivity contribution in [2.45, 2.75) is 33.1 Å². The molecule has 2 heterocycles. The van der Waals surface area contributed by atoms with Gasteiger partial charge in [-0.2, -0.15) is 0 Å². The number of nitro benzene ring substituents is 1. The molecule has 0 bridgehead atoms. The average molecular weight is 472 g/mol. The minimum atomic E-state index is -1.16. The minimum absolute atomic E-state index is 0.0501. The zero-order valence-electron chi connectivity index (χ0n) is 19.1. The number of ketones is 1. The van der Waals surface area contributed by atoms with Crippen LogP contribution in [0.15, 0.2) is 34.7 Å². The van der Waals surface area contributed by atoms with E-state index in [1.807, 2.05) is 0 Å². The van der Waals surface area contributed by atoms with Gasteiger partial charge >= 0.3 is 11.9 Å². The van der Waals surface area contributed by atoms with Gasteiger partial charge in [0.15, 0.2) is 17.3 Å². The molecule has 1 N–H and O–H groups in total. The molecule has 0 spiro atoms. The zero-order valence-corrected chi connectivity index (χ0v) is 19.1. The number of nitrogens with zero attached hydrogens (tertiary/aromatic N) is 1. The van der Waals surface area contributed by atoms with E-state index in [1.165, 1.54) is 19.2 Å². The molecule has 4 rings (SSSR count). The van der Waals surface area contributed by atoms with Crippen LogP contribution in [-0.2, 0) is 23.9 Å². The Morgan fingerprint density at radius 3 is 2.56 bits per heavy atom. The predicted molar refractivity (Wildman–Crippen MR) is 116 cm³/mol. The van der Waals surface area contributed by atoms with Crippen molar-refractivity contribution in [2.75, 3.05) is 20.5 Å². The monoisotopic (exact) mass is 472 g/mol. The van der Waals surface area contributed by atoms with Crippen LogP contribution in [0.2, 0.25) is 0 Å². The lowest BCUT2D eigenvalue weighted by atomic mass is 9.69. The summed E-state index contributed by atoms with van der Waals surface area (Å²) < 4.78 is 20.8. The van der Waals surface area contributed by atoms with Crippen LogP contribution in [0, 0.1) is 22.0 Å². The summed E-state index contributed by atoms with van der Waals surface area (Å²) in [4.78, 5) is 50.7. The highest BCUT2D eigenvalue weighted by atomic mass is 16.7. The Morgan fingerprint density at radius 2 is 1.94 bits per heavy atom. The number of carbonyl (C=O) groups is 3. The normalized spacial score (nSPS) is 23.3. The van der Waals surface area contributed by atoms with E-state index in [-0.39, 0.29) is 53.2 Å². The summed E-state index contributed by atoms with van der Waals surface area (Å²) in [5.41, 5.74) is 0.778. The Morgan fingerprint density at radius 1 is 1.26 bits per heavy atom. The summed E-state index contributed by atoms with van der Waals surface area (Å²) >= 11 is 0. The van der Waals surface area contributed by atoms with E-state index in [0.717, 1.165) is 0 Å². The maximum Gasteiger partial charge on any atom is 0.336 e. The fraction of sp³-hybridized carbons (Fsp3) is 0.435. The van der Waals surface area contributed by atoms with Gasteiger partial charge in [0.1, 0.15) is 5.92 Å². The molecule has 1 aliphatic carbocycles. The number of methoxy groups -OCH3 is 1. The Balaban J connectivity index is 1.98. The van der Waals surface area contributed by atoms with E-state index >= 15 is 0 Å². The Labute approximate surface area is 194 Å². The number of fused-ring (bicyclic) bond motifs is 1. The van der Waals surface area contributed by atoms with Gasteiger partial charge < -0.3 is 24.3 Å². The van der Waals surface area contributed by atoms with E-state index in [9.17, 15) is 24.5 Å². The minimum Gasteiger partial charge on any atom is -0.468 e. The van der Waals surface area contributed by atoms with Crippen LogP contribution in [0.1, 0.15) is 38.7 Å². The van der Waals surface area contributed by atoms with Crippen LogP contribution in [0.25, 0.3) is 0 Å². The fourth-order valence-electron chi connectivity index (χ4n) is 4.81. The van der Waals surface area contributed by atoms with Gasteiger partial charge in [-0.25, -0.2) is 4.79 Å². The van der Waals surface area contributed by atoms with E-state index in [0.29, 0.717) is 17.8 Å². The Hall–Kier alpha value is -3.89. The lowest BCUT2D eigenvalue weighted by Crippen LogP contribution is -2.43. The molecule has 0 radical (unpaired) electrons. The Kier molecular flexibility index (Phi) is 6.03. The van der Waals surface area contributed by atoms with Crippen molar-refractivity contribution in [1.29, 1.82) is 0 Å². The Bertz CT molecular complexity index is 1170. The topological polar surface area (TPSA) is 143 Å². The SMILES string of the molecule is CCOC(=O)C1=C(C)NC2=C(C(=O)[C@H](C(=O)OC)[C@H](C)C2)[C@@H]1c1cc2c(cc1[N+](=O)[O-])OCO2. The number of rotatable bonds is 5. The molecule has 2 aliphatic heterocycles. The molecule has 0 amide bonds. The van der Waals surface area contributed by atoms with Crippen molar-refractivity contribution in [3.05, 3.63) is 50.4 Å². The van der Waals surface area contributed by atoms with Gasteiger partial charge in [-0.05, 0) is 32.3 Å². The highest BCUT2D eigenvalue weighted by Gasteiger charge is 2.49. The number of hydrogen-bond donors (Lipinski definition) is 1. The number of allylic oxidation sites excluding steroid dienone is 3. The second kappa shape index (κ2) is 8.81. The molecule has 0 saturated carbocycles. The van der Waals surface area contributed by atoms with Gasteiger partial charge in [0.2, 0.25) is 6.79 Å². The highest BCUT2D eigenvalue weighted by Crippen LogP contribution is 2.50. The molecule has 0 aromatic heterocycles. The van der Waals surface area contributed by atoms with Crippen LogP contribution in [0.5, 0.6) is 11.5 Å². The molecule has 11 heteroatoms. The molecule has 1 aromatic rings. The van der Waals surface area contributed by atoms with Crippen molar-refractivity contribution in [3.8, 4) is 11.5 Å². The maximum atomic E-state index is 13.7. The van der Waals surface area contributed by atoms with Crippen LogP contribution >= 0.6 is 0 Å². The number of nitrogens with one attached hydrogen (secondary N) is 1. The number of dihydropyridines is 1. The number of carbonyl (C=O) groups excluding carboxylic acids is 3.